The molecule has 0 aliphatic rings. The topological polar surface area (TPSA) is 115 Å². The lowest BCUT2D eigenvalue weighted by Gasteiger charge is -2.06. The van der Waals surface area contributed by atoms with Crippen molar-refractivity contribution in [2.45, 2.75) is 0 Å². The van der Waals surface area contributed by atoms with E-state index in [2.05, 4.69) is 15.4 Å². The maximum Gasteiger partial charge on any atom is 0.346 e. The summed E-state index contributed by atoms with van der Waals surface area (Å²) in [5.41, 5.74) is 0.779. The normalized spacial score (nSPS) is 10.1. The Balaban J connectivity index is 2.94. The molecule has 0 radical (unpaired) electrons. The van der Waals surface area contributed by atoms with Crippen molar-refractivity contribution in [1.29, 1.82) is 0 Å². The van der Waals surface area contributed by atoms with E-state index in [1.54, 1.807) is 0 Å². The van der Waals surface area contributed by atoms with Gasteiger partial charge in [0.15, 0.2) is 6.61 Å². The van der Waals surface area contributed by atoms with Crippen LogP contribution in [0, 0.1) is 0 Å². The van der Waals surface area contributed by atoms with Gasteiger partial charge >= 0.3 is 17.2 Å². The zero-order valence-electron chi connectivity index (χ0n) is 8.63. The van der Waals surface area contributed by atoms with Gasteiger partial charge in [0.25, 0.3) is 0 Å². The number of carbonyl (C=O) groups is 1. The van der Waals surface area contributed by atoms with Crippen molar-refractivity contribution in [3.05, 3.63) is 20.8 Å². The summed E-state index contributed by atoms with van der Waals surface area (Å²) >= 11 is 0. The second kappa shape index (κ2) is 4.57. The lowest BCUT2D eigenvalue weighted by Crippen LogP contribution is -2.40. The van der Waals surface area contributed by atoms with E-state index in [0.29, 0.717) is 0 Å². The molecule has 16 heavy (non-hydrogen) atoms. The van der Waals surface area contributed by atoms with Crippen molar-refractivity contribution in [1.82, 2.24) is 14.3 Å². The van der Waals surface area contributed by atoms with Crippen molar-refractivity contribution in [2.75, 3.05) is 12.1 Å². The van der Waals surface area contributed by atoms with Gasteiger partial charge in [-0.25, -0.2) is 19.8 Å². The first-order valence-corrected chi connectivity index (χ1v) is 4.17. The monoisotopic (exact) mass is 230 g/mol. The number of carboxylic acid groups (broad SMARTS) is 1. The van der Waals surface area contributed by atoms with Crippen LogP contribution >= 0.6 is 0 Å². The molecule has 0 fully saturated rings. The predicted molar refractivity (Wildman–Crippen MR) is 51.9 cm³/mol. The van der Waals surface area contributed by atoms with Gasteiger partial charge in [-0.15, -0.1) is 5.10 Å². The maximum absolute atomic E-state index is 11.4. The SMILES string of the molecule is Cn1nc(NOCC(=O)O)c(=O)n(C)c1=O. The number of anilines is 1. The molecule has 9 nitrogen and oxygen atoms in total. The summed E-state index contributed by atoms with van der Waals surface area (Å²) in [6.07, 6.45) is 0. The molecule has 1 aromatic rings. The minimum absolute atomic E-state index is 0.258. The van der Waals surface area contributed by atoms with Crippen LogP contribution in [0.1, 0.15) is 0 Å². The molecule has 0 saturated heterocycles. The number of aliphatic carboxylic acids is 1. The van der Waals surface area contributed by atoms with Crippen LogP contribution in [0.4, 0.5) is 5.82 Å². The van der Waals surface area contributed by atoms with E-state index < -0.39 is 23.8 Å². The summed E-state index contributed by atoms with van der Waals surface area (Å²) < 4.78 is 1.74. The lowest BCUT2D eigenvalue weighted by atomic mass is 10.7. The Kier molecular flexibility index (Phi) is 3.40. The molecule has 1 heterocycles. The summed E-state index contributed by atoms with van der Waals surface area (Å²) in [5.74, 6) is -1.46. The van der Waals surface area contributed by atoms with E-state index in [4.69, 9.17) is 5.11 Å². The summed E-state index contributed by atoms with van der Waals surface area (Å²) in [7, 11) is 2.62. The molecule has 0 unspecified atom stereocenters. The first kappa shape index (κ1) is 11.9. The minimum Gasteiger partial charge on any atom is -0.479 e. The predicted octanol–water partition coefficient (Wildman–Crippen LogP) is -2.09. The van der Waals surface area contributed by atoms with Gasteiger partial charge in [-0.1, -0.05) is 0 Å². The highest BCUT2D eigenvalue weighted by atomic mass is 16.7. The first-order valence-electron chi connectivity index (χ1n) is 4.17. The molecule has 9 heteroatoms. The Hall–Kier alpha value is -2.16. The number of aromatic nitrogens is 3. The number of nitrogens with one attached hydrogen (secondary N) is 1. The number of nitrogens with zero attached hydrogens (tertiary/aromatic N) is 3. The molecule has 88 valence electrons. The van der Waals surface area contributed by atoms with Crippen molar-refractivity contribution in [3.63, 3.8) is 0 Å². The van der Waals surface area contributed by atoms with Crippen LogP contribution in [0.2, 0.25) is 0 Å². The quantitative estimate of drug-likeness (QED) is 0.569. The van der Waals surface area contributed by atoms with Gasteiger partial charge in [-0.2, -0.15) is 0 Å². The number of rotatable bonds is 4. The number of hydrogen-bond acceptors (Lipinski definition) is 6. The van der Waals surface area contributed by atoms with Crippen LogP contribution in [0.15, 0.2) is 9.59 Å². The largest absolute Gasteiger partial charge is 0.479 e. The second-order valence-corrected chi connectivity index (χ2v) is 2.90. The van der Waals surface area contributed by atoms with E-state index in [1.165, 1.54) is 14.1 Å². The van der Waals surface area contributed by atoms with Gasteiger partial charge in [-0.3, -0.25) is 14.2 Å². The van der Waals surface area contributed by atoms with Crippen molar-refractivity contribution in [3.8, 4) is 0 Å². The minimum atomic E-state index is -1.20. The number of aryl methyl sites for hydroxylation is 1. The van der Waals surface area contributed by atoms with Crippen LogP contribution in [-0.4, -0.2) is 32.0 Å². The van der Waals surface area contributed by atoms with Gasteiger partial charge in [0.05, 0.1) is 0 Å². The molecular formula is C7H10N4O5. The van der Waals surface area contributed by atoms with Crippen LogP contribution in [0.5, 0.6) is 0 Å². The summed E-state index contributed by atoms with van der Waals surface area (Å²) in [4.78, 5) is 37.2. The highest BCUT2D eigenvalue weighted by Crippen LogP contribution is 1.88. The zero-order chi connectivity index (χ0) is 12.3. The second-order valence-electron chi connectivity index (χ2n) is 2.90. The third-order valence-corrected chi connectivity index (χ3v) is 1.69. The molecule has 1 rings (SSSR count). The Morgan fingerprint density at radius 1 is 1.50 bits per heavy atom. The van der Waals surface area contributed by atoms with Crippen molar-refractivity contribution in [2.24, 2.45) is 14.1 Å². The van der Waals surface area contributed by atoms with Crippen LogP contribution in [0.25, 0.3) is 0 Å². The molecule has 0 bridgehead atoms. The van der Waals surface area contributed by atoms with Gasteiger partial charge in [-0.05, 0) is 0 Å². The zero-order valence-corrected chi connectivity index (χ0v) is 8.63. The third-order valence-electron chi connectivity index (χ3n) is 1.69. The Morgan fingerprint density at radius 2 is 2.12 bits per heavy atom. The highest BCUT2D eigenvalue weighted by Gasteiger charge is 2.08. The van der Waals surface area contributed by atoms with Crippen LogP contribution in [0.3, 0.4) is 0 Å². The highest BCUT2D eigenvalue weighted by molar-refractivity contribution is 5.68. The average Bonchev–Trinajstić information content (AvgIpc) is 2.22. The Labute approximate surface area is 88.8 Å². The molecule has 0 saturated carbocycles. The fourth-order valence-electron chi connectivity index (χ4n) is 0.929. The summed E-state index contributed by atoms with van der Waals surface area (Å²) in [6.45, 7) is -0.631. The Morgan fingerprint density at radius 3 is 2.69 bits per heavy atom. The van der Waals surface area contributed by atoms with Gasteiger partial charge in [0, 0.05) is 14.1 Å². The Bertz CT molecular complexity index is 516. The van der Waals surface area contributed by atoms with Crippen LogP contribution in [-0.2, 0) is 23.7 Å². The van der Waals surface area contributed by atoms with Crippen molar-refractivity contribution < 1.29 is 14.7 Å². The summed E-state index contributed by atoms with van der Waals surface area (Å²) in [5, 5.41) is 11.9. The summed E-state index contributed by atoms with van der Waals surface area (Å²) in [6, 6.07) is 0. The van der Waals surface area contributed by atoms with E-state index in [1.807, 2.05) is 0 Å². The lowest BCUT2D eigenvalue weighted by molar-refractivity contribution is -0.141. The number of carboxylic acids is 1. The third kappa shape index (κ3) is 2.45. The van der Waals surface area contributed by atoms with Crippen LogP contribution < -0.4 is 16.7 Å². The maximum atomic E-state index is 11.4. The van der Waals surface area contributed by atoms with E-state index in [9.17, 15) is 14.4 Å². The molecule has 0 spiro atoms. The first-order chi connectivity index (χ1) is 7.43. The van der Waals surface area contributed by atoms with E-state index in [0.717, 1.165) is 9.25 Å². The smallest absolute Gasteiger partial charge is 0.346 e. The van der Waals surface area contributed by atoms with Gasteiger partial charge < -0.3 is 5.11 Å². The fourth-order valence-corrected chi connectivity index (χ4v) is 0.929. The molecule has 1 aromatic heterocycles. The van der Waals surface area contributed by atoms with Crippen molar-refractivity contribution >= 4 is 11.8 Å². The van der Waals surface area contributed by atoms with Gasteiger partial charge in [0.1, 0.15) is 0 Å². The molecule has 0 aromatic carbocycles. The molecule has 2 N–H and O–H groups in total. The van der Waals surface area contributed by atoms with E-state index >= 15 is 0 Å². The number of hydrogen-bond donors (Lipinski definition) is 2. The average molecular weight is 230 g/mol. The molecule has 0 aliphatic carbocycles. The van der Waals surface area contributed by atoms with E-state index in [-0.39, 0.29) is 5.82 Å². The molecule has 0 atom stereocenters. The standard InChI is InChI=1S/C7H10N4O5/c1-10-6(14)5(8-11(2)7(10)15)9-16-3-4(12)13/h3H2,1-2H3,(H,8,9)(H,12,13). The fraction of sp³-hybridized carbons (Fsp3) is 0.429. The van der Waals surface area contributed by atoms with Gasteiger partial charge in [0.2, 0.25) is 5.82 Å². The molecular weight excluding hydrogens is 220 g/mol. The molecule has 0 aliphatic heterocycles. The molecule has 0 amide bonds.